The highest BCUT2D eigenvalue weighted by Gasteiger charge is 2.65. The van der Waals surface area contributed by atoms with Gasteiger partial charge < -0.3 is 4.90 Å². The second-order valence-corrected chi connectivity index (χ2v) is 11.6. The van der Waals surface area contributed by atoms with Gasteiger partial charge in [-0.15, -0.1) is 0 Å². The summed E-state index contributed by atoms with van der Waals surface area (Å²) in [4.78, 5) is 14.9. The molecule has 3 fully saturated rings. The summed E-state index contributed by atoms with van der Waals surface area (Å²) >= 11 is 6.24. The van der Waals surface area contributed by atoms with Crippen LogP contribution in [-0.2, 0) is 14.8 Å². The summed E-state index contributed by atoms with van der Waals surface area (Å²) in [6.45, 7) is 8.33. The molecular formula is C21H29ClN2O3S. The zero-order valence-electron chi connectivity index (χ0n) is 16.9. The minimum absolute atomic E-state index is 0.0292. The van der Waals surface area contributed by atoms with Gasteiger partial charge in [0, 0.05) is 48.7 Å². The number of anilines is 1. The highest BCUT2D eigenvalue weighted by Crippen LogP contribution is 2.64. The summed E-state index contributed by atoms with van der Waals surface area (Å²) in [5.41, 5.74) is 1.16. The second kappa shape index (κ2) is 6.71. The summed E-state index contributed by atoms with van der Waals surface area (Å²) in [7, 11) is -3.48. The minimum atomic E-state index is -3.48. The lowest BCUT2D eigenvalue weighted by molar-refractivity contribution is -0.128. The second-order valence-electron chi connectivity index (χ2n) is 9.19. The molecule has 2 unspecified atom stereocenters. The number of carbonyl (C=O) groups excluding carboxylic acids is 1. The standard InChI is InChI=1S/C21H29ClN2O3S/c1-15-17(22)5-4-6-18(15)23-9-11-24(12-10-23)28(26,27)14-21-8-7-16(13-19(21)25)20(21,2)3/h4-6,16H,7-14H2,1-3H3. The van der Waals surface area contributed by atoms with Gasteiger partial charge in [0.2, 0.25) is 10.0 Å². The van der Waals surface area contributed by atoms with Gasteiger partial charge in [-0.2, -0.15) is 4.31 Å². The fourth-order valence-electron chi connectivity index (χ4n) is 5.66. The van der Waals surface area contributed by atoms with E-state index >= 15 is 0 Å². The molecule has 5 nitrogen and oxygen atoms in total. The normalized spacial score (nSPS) is 30.2. The predicted octanol–water partition coefficient (Wildman–Crippen LogP) is 3.50. The summed E-state index contributed by atoms with van der Waals surface area (Å²) in [5.74, 6) is 0.460. The van der Waals surface area contributed by atoms with Crippen LogP contribution in [0.2, 0.25) is 5.02 Å². The average molecular weight is 425 g/mol. The van der Waals surface area contributed by atoms with Gasteiger partial charge >= 0.3 is 0 Å². The van der Waals surface area contributed by atoms with Crippen molar-refractivity contribution in [1.82, 2.24) is 4.31 Å². The number of sulfonamides is 1. The molecule has 3 aliphatic rings. The summed E-state index contributed by atoms with van der Waals surface area (Å²) in [6, 6.07) is 5.83. The molecular weight excluding hydrogens is 396 g/mol. The maximum atomic E-state index is 13.3. The summed E-state index contributed by atoms with van der Waals surface area (Å²) in [6.07, 6.45) is 2.23. The van der Waals surface area contributed by atoms with Crippen molar-refractivity contribution in [2.24, 2.45) is 16.7 Å². The number of fused-ring (bicyclic) bond motifs is 2. The lowest BCUT2D eigenvalue weighted by atomic mass is 9.70. The van der Waals surface area contributed by atoms with E-state index in [1.54, 1.807) is 4.31 Å². The Morgan fingerprint density at radius 2 is 1.86 bits per heavy atom. The summed E-state index contributed by atoms with van der Waals surface area (Å²) in [5, 5.41) is 0.726. The molecule has 1 heterocycles. The number of carbonyl (C=O) groups is 1. The van der Waals surface area contributed by atoms with E-state index < -0.39 is 15.4 Å². The SMILES string of the molecule is Cc1c(Cl)cccc1N1CCN(S(=O)(=O)CC23CCC(CC2=O)C3(C)C)CC1. The highest BCUT2D eigenvalue weighted by molar-refractivity contribution is 7.89. The van der Waals surface area contributed by atoms with Crippen molar-refractivity contribution in [2.75, 3.05) is 36.8 Å². The maximum Gasteiger partial charge on any atom is 0.215 e. The molecule has 4 rings (SSSR count). The first-order valence-corrected chi connectivity index (χ1v) is 12.1. The largest absolute Gasteiger partial charge is 0.369 e. The van der Waals surface area contributed by atoms with E-state index in [1.807, 2.05) is 25.1 Å². The Hall–Kier alpha value is -1.11. The predicted molar refractivity (Wildman–Crippen MR) is 112 cm³/mol. The number of Topliss-reactive ketones (excluding diaryl/α,β-unsaturated/α-hetero) is 1. The molecule has 2 saturated carbocycles. The van der Waals surface area contributed by atoms with E-state index in [9.17, 15) is 13.2 Å². The van der Waals surface area contributed by atoms with E-state index in [4.69, 9.17) is 11.6 Å². The zero-order valence-corrected chi connectivity index (χ0v) is 18.4. The molecule has 2 aliphatic carbocycles. The van der Waals surface area contributed by atoms with Crippen LogP contribution in [0.3, 0.4) is 0 Å². The zero-order chi connectivity index (χ0) is 20.3. The van der Waals surface area contributed by atoms with Crippen LogP contribution in [0.25, 0.3) is 0 Å². The van der Waals surface area contributed by atoms with Crippen molar-refractivity contribution in [3.8, 4) is 0 Å². The van der Waals surface area contributed by atoms with Crippen molar-refractivity contribution in [1.29, 1.82) is 0 Å². The summed E-state index contributed by atoms with van der Waals surface area (Å²) < 4.78 is 28.1. The smallest absolute Gasteiger partial charge is 0.215 e. The van der Waals surface area contributed by atoms with E-state index in [0.29, 0.717) is 44.9 Å². The Morgan fingerprint density at radius 3 is 2.43 bits per heavy atom. The Balaban J connectivity index is 1.49. The third-order valence-corrected chi connectivity index (χ3v) is 10.2. The third-order valence-electron chi connectivity index (χ3n) is 7.78. The molecule has 7 heteroatoms. The molecule has 1 aromatic carbocycles. The molecule has 1 saturated heterocycles. The molecule has 0 amide bonds. The van der Waals surface area contributed by atoms with Gasteiger partial charge in [0.15, 0.2) is 0 Å². The van der Waals surface area contributed by atoms with Gasteiger partial charge in [-0.05, 0) is 48.8 Å². The number of halogens is 1. The molecule has 0 radical (unpaired) electrons. The van der Waals surface area contributed by atoms with Gasteiger partial charge in [0.25, 0.3) is 0 Å². The molecule has 154 valence electrons. The monoisotopic (exact) mass is 424 g/mol. The van der Waals surface area contributed by atoms with Crippen molar-refractivity contribution in [3.63, 3.8) is 0 Å². The van der Waals surface area contributed by atoms with Gasteiger partial charge in [-0.1, -0.05) is 31.5 Å². The van der Waals surface area contributed by atoms with Crippen molar-refractivity contribution < 1.29 is 13.2 Å². The van der Waals surface area contributed by atoms with Crippen LogP contribution in [-0.4, -0.2) is 50.4 Å². The average Bonchev–Trinajstić information content (AvgIpc) is 2.98. The first kappa shape index (κ1) is 20.2. The number of rotatable bonds is 4. The van der Waals surface area contributed by atoms with Crippen LogP contribution < -0.4 is 4.90 Å². The van der Waals surface area contributed by atoms with Crippen molar-refractivity contribution in [3.05, 3.63) is 28.8 Å². The Morgan fingerprint density at radius 1 is 1.18 bits per heavy atom. The number of piperazine rings is 1. The molecule has 2 bridgehead atoms. The molecule has 0 spiro atoms. The number of nitrogens with zero attached hydrogens (tertiary/aromatic N) is 2. The molecule has 1 aromatic rings. The highest BCUT2D eigenvalue weighted by atomic mass is 35.5. The van der Waals surface area contributed by atoms with Gasteiger partial charge in [0.1, 0.15) is 5.78 Å². The lowest BCUT2D eigenvalue weighted by Crippen LogP contribution is -2.52. The number of ketones is 1. The van der Waals surface area contributed by atoms with Crippen LogP contribution in [0.5, 0.6) is 0 Å². The number of benzene rings is 1. The van der Waals surface area contributed by atoms with Crippen LogP contribution in [0.1, 0.15) is 38.7 Å². The molecule has 28 heavy (non-hydrogen) atoms. The fourth-order valence-corrected chi connectivity index (χ4v) is 8.03. The Labute approximate surface area is 173 Å². The minimum Gasteiger partial charge on any atom is -0.369 e. The van der Waals surface area contributed by atoms with Gasteiger partial charge in [0.05, 0.1) is 5.75 Å². The van der Waals surface area contributed by atoms with Crippen LogP contribution >= 0.6 is 11.6 Å². The van der Waals surface area contributed by atoms with Gasteiger partial charge in [-0.3, -0.25) is 4.79 Å². The van der Waals surface area contributed by atoms with E-state index in [-0.39, 0.29) is 17.0 Å². The van der Waals surface area contributed by atoms with Gasteiger partial charge in [-0.25, -0.2) is 8.42 Å². The van der Waals surface area contributed by atoms with Crippen LogP contribution in [0, 0.1) is 23.7 Å². The Bertz CT molecular complexity index is 906. The first-order chi connectivity index (χ1) is 13.1. The van der Waals surface area contributed by atoms with E-state index in [2.05, 4.69) is 18.7 Å². The van der Waals surface area contributed by atoms with Crippen molar-refractivity contribution in [2.45, 2.75) is 40.0 Å². The van der Waals surface area contributed by atoms with Crippen LogP contribution in [0.4, 0.5) is 5.69 Å². The van der Waals surface area contributed by atoms with Crippen molar-refractivity contribution >= 4 is 33.1 Å². The van der Waals surface area contributed by atoms with E-state index in [0.717, 1.165) is 22.7 Å². The maximum absolute atomic E-state index is 13.3. The topological polar surface area (TPSA) is 57.7 Å². The number of hydrogen-bond acceptors (Lipinski definition) is 4. The van der Waals surface area contributed by atoms with E-state index in [1.165, 1.54) is 0 Å². The van der Waals surface area contributed by atoms with Crippen LogP contribution in [0.15, 0.2) is 18.2 Å². The molecule has 0 aromatic heterocycles. The number of hydrogen-bond donors (Lipinski definition) is 0. The molecule has 1 aliphatic heterocycles. The quantitative estimate of drug-likeness (QED) is 0.742. The molecule has 0 N–H and O–H groups in total. The fraction of sp³-hybridized carbons (Fsp3) is 0.667. The molecule has 2 atom stereocenters. The first-order valence-electron chi connectivity index (χ1n) is 10.1. The third kappa shape index (κ3) is 2.91. The lowest BCUT2D eigenvalue weighted by Gasteiger charge is -2.40. The Kier molecular flexibility index (Phi) is 4.83.